The van der Waals surface area contributed by atoms with Crippen molar-refractivity contribution in [3.8, 4) is 6.07 Å². The van der Waals surface area contributed by atoms with Crippen molar-refractivity contribution in [1.82, 2.24) is 4.90 Å². The molecule has 1 aromatic carbocycles. The van der Waals surface area contributed by atoms with Gasteiger partial charge in [-0.15, -0.1) is 17.9 Å². The van der Waals surface area contributed by atoms with Gasteiger partial charge in [0, 0.05) is 20.2 Å². The van der Waals surface area contributed by atoms with Crippen LogP contribution in [0, 0.1) is 18.3 Å². The molecule has 0 aliphatic carbocycles. The Balaban J connectivity index is 2.23. The molecule has 0 unspecified atom stereocenters. The standard InChI is InChI=1S/C25H29N3O6S/c1-5-10-28(15-19-9-7-8-18(13-19)14-26)16-20(29)27-23-21(24(30)33-6-2)17(3)22(35-23)25(31)34-12-11-32-4/h5,7-9,13H,1,6,10-12,15-16H2,2-4H3,(H,27,29). The number of rotatable bonds is 13. The summed E-state index contributed by atoms with van der Waals surface area (Å²) < 4.78 is 15.2. The Hall–Kier alpha value is -3.52. The fraction of sp³-hybridized carbons (Fsp3) is 0.360. The molecule has 10 heteroatoms. The Morgan fingerprint density at radius 1 is 1.23 bits per heavy atom. The molecular formula is C25H29N3O6S. The first-order valence-electron chi connectivity index (χ1n) is 10.9. The van der Waals surface area contributed by atoms with Gasteiger partial charge in [-0.05, 0) is 37.1 Å². The number of methoxy groups -OCH3 is 1. The lowest BCUT2D eigenvalue weighted by molar-refractivity contribution is -0.117. The second-order valence-corrected chi connectivity index (χ2v) is 8.45. The Morgan fingerprint density at radius 3 is 2.66 bits per heavy atom. The number of anilines is 1. The minimum atomic E-state index is -0.635. The van der Waals surface area contributed by atoms with Gasteiger partial charge in [-0.25, -0.2) is 9.59 Å². The highest BCUT2D eigenvalue weighted by Crippen LogP contribution is 2.34. The van der Waals surface area contributed by atoms with Crippen LogP contribution in [-0.4, -0.2) is 62.8 Å². The summed E-state index contributed by atoms with van der Waals surface area (Å²) in [7, 11) is 1.49. The summed E-state index contributed by atoms with van der Waals surface area (Å²) in [5.41, 5.74) is 1.91. The predicted octanol–water partition coefficient (Wildman–Crippen LogP) is 3.53. The van der Waals surface area contributed by atoms with Gasteiger partial charge in [0.25, 0.3) is 0 Å². The lowest BCUT2D eigenvalue weighted by Gasteiger charge is -2.20. The SMILES string of the molecule is C=CCN(CC(=O)Nc1sc(C(=O)OCCOC)c(C)c1C(=O)OCC)Cc1cccc(C#N)c1. The maximum absolute atomic E-state index is 12.9. The fourth-order valence-corrected chi connectivity index (χ4v) is 4.37. The number of carbonyl (C=O) groups is 3. The number of carbonyl (C=O) groups excluding carboxylic acids is 3. The second kappa shape index (κ2) is 14.0. The molecule has 186 valence electrons. The maximum atomic E-state index is 12.9. The first kappa shape index (κ1) is 27.7. The molecule has 1 aromatic heterocycles. The fourth-order valence-electron chi connectivity index (χ4n) is 3.26. The molecule has 2 aromatic rings. The molecule has 0 aliphatic heterocycles. The average Bonchev–Trinajstić information content (AvgIpc) is 3.15. The molecule has 35 heavy (non-hydrogen) atoms. The van der Waals surface area contributed by atoms with E-state index in [2.05, 4.69) is 18.0 Å². The summed E-state index contributed by atoms with van der Waals surface area (Å²) in [6.45, 7) is 8.31. The summed E-state index contributed by atoms with van der Waals surface area (Å²) in [6.07, 6.45) is 1.68. The van der Waals surface area contributed by atoms with E-state index in [9.17, 15) is 14.4 Å². The lowest BCUT2D eigenvalue weighted by atomic mass is 10.1. The van der Waals surface area contributed by atoms with Crippen LogP contribution >= 0.6 is 11.3 Å². The molecule has 0 saturated carbocycles. The van der Waals surface area contributed by atoms with E-state index in [0.29, 0.717) is 24.2 Å². The highest BCUT2D eigenvalue weighted by molar-refractivity contribution is 7.18. The van der Waals surface area contributed by atoms with Crippen LogP contribution in [0.3, 0.4) is 0 Å². The van der Waals surface area contributed by atoms with Gasteiger partial charge < -0.3 is 19.5 Å². The number of thiophene rings is 1. The van der Waals surface area contributed by atoms with Crippen LogP contribution < -0.4 is 5.32 Å². The Kier molecular flexibility index (Phi) is 11.1. The number of esters is 2. The van der Waals surface area contributed by atoms with E-state index in [-0.39, 0.29) is 47.7 Å². The third-order valence-corrected chi connectivity index (χ3v) is 5.99. The number of nitrogens with zero attached hydrogens (tertiary/aromatic N) is 2. The van der Waals surface area contributed by atoms with Crippen molar-refractivity contribution >= 4 is 34.2 Å². The molecule has 2 rings (SSSR count). The molecule has 0 fully saturated rings. The van der Waals surface area contributed by atoms with Crippen LogP contribution in [0.2, 0.25) is 0 Å². The third kappa shape index (κ3) is 8.03. The van der Waals surface area contributed by atoms with Crippen LogP contribution in [0.25, 0.3) is 0 Å². The number of nitrogens with one attached hydrogen (secondary N) is 1. The van der Waals surface area contributed by atoms with Gasteiger partial charge >= 0.3 is 11.9 Å². The van der Waals surface area contributed by atoms with E-state index in [0.717, 1.165) is 16.9 Å². The molecule has 0 bridgehead atoms. The van der Waals surface area contributed by atoms with E-state index in [4.69, 9.17) is 19.5 Å². The van der Waals surface area contributed by atoms with E-state index in [1.165, 1.54) is 7.11 Å². The number of ether oxygens (including phenoxy) is 3. The third-order valence-electron chi connectivity index (χ3n) is 4.80. The van der Waals surface area contributed by atoms with Crippen molar-refractivity contribution in [2.75, 3.05) is 45.3 Å². The van der Waals surface area contributed by atoms with Crippen LogP contribution in [0.5, 0.6) is 0 Å². The average molecular weight is 500 g/mol. The first-order chi connectivity index (χ1) is 16.8. The van der Waals surface area contributed by atoms with Gasteiger partial charge in [-0.1, -0.05) is 18.2 Å². The molecule has 0 saturated heterocycles. The number of hydrogen-bond acceptors (Lipinski definition) is 9. The molecular weight excluding hydrogens is 470 g/mol. The summed E-state index contributed by atoms with van der Waals surface area (Å²) in [4.78, 5) is 40.1. The maximum Gasteiger partial charge on any atom is 0.348 e. The van der Waals surface area contributed by atoms with Crippen LogP contribution in [0.15, 0.2) is 36.9 Å². The summed E-state index contributed by atoms with van der Waals surface area (Å²) in [5.74, 6) is -1.63. The molecule has 1 N–H and O–H groups in total. The first-order valence-corrected chi connectivity index (χ1v) is 11.7. The zero-order chi connectivity index (χ0) is 25.8. The smallest absolute Gasteiger partial charge is 0.348 e. The van der Waals surface area contributed by atoms with Crippen molar-refractivity contribution in [2.45, 2.75) is 20.4 Å². The van der Waals surface area contributed by atoms with Gasteiger partial charge in [0.05, 0.1) is 37.0 Å². The monoisotopic (exact) mass is 499 g/mol. The highest BCUT2D eigenvalue weighted by Gasteiger charge is 2.27. The number of amides is 1. The van der Waals surface area contributed by atoms with Gasteiger partial charge in [0.1, 0.15) is 16.5 Å². The lowest BCUT2D eigenvalue weighted by Crippen LogP contribution is -2.33. The quantitative estimate of drug-likeness (QED) is 0.253. The molecule has 0 spiro atoms. The molecule has 1 heterocycles. The summed E-state index contributed by atoms with van der Waals surface area (Å²) >= 11 is 0.961. The van der Waals surface area contributed by atoms with Crippen molar-refractivity contribution in [3.63, 3.8) is 0 Å². The normalized spacial score (nSPS) is 10.5. The molecule has 1 amide bonds. The number of benzene rings is 1. The Labute approximate surface area is 208 Å². The van der Waals surface area contributed by atoms with Gasteiger partial charge in [-0.2, -0.15) is 5.26 Å². The molecule has 9 nitrogen and oxygen atoms in total. The van der Waals surface area contributed by atoms with Gasteiger partial charge in [-0.3, -0.25) is 9.69 Å². The van der Waals surface area contributed by atoms with E-state index < -0.39 is 11.9 Å². The largest absolute Gasteiger partial charge is 0.462 e. The minimum Gasteiger partial charge on any atom is -0.462 e. The molecule has 0 radical (unpaired) electrons. The van der Waals surface area contributed by atoms with E-state index in [1.54, 1.807) is 38.1 Å². The Bertz CT molecular complexity index is 1110. The minimum absolute atomic E-state index is 0.00433. The summed E-state index contributed by atoms with van der Waals surface area (Å²) in [6, 6.07) is 9.23. The highest BCUT2D eigenvalue weighted by atomic mass is 32.1. The zero-order valence-electron chi connectivity index (χ0n) is 20.1. The summed E-state index contributed by atoms with van der Waals surface area (Å²) in [5, 5.41) is 12.1. The van der Waals surface area contributed by atoms with E-state index in [1.807, 2.05) is 11.0 Å². The zero-order valence-corrected chi connectivity index (χ0v) is 20.9. The van der Waals surface area contributed by atoms with Crippen molar-refractivity contribution in [1.29, 1.82) is 5.26 Å². The predicted molar refractivity (Wildman–Crippen MR) is 132 cm³/mol. The van der Waals surface area contributed by atoms with E-state index >= 15 is 0 Å². The van der Waals surface area contributed by atoms with Gasteiger partial charge in [0.15, 0.2) is 0 Å². The van der Waals surface area contributed by atoms with Gasteiger partial charge in [0.2, 0.25) is 5.91 Å². The van der Waals surface area contributed by atoms with Crippen molar-refractivity contribution < 1.29 is 28.6 Å². The Morgan fingerprint density at radius 2 is 2.00 bits per heavy atom. The van der Waals surface area contributed by atoms with Crippen LogP contribution in [-0.2, 0) is 25.5 Å². The van der Waals surface area contributed by atoms with Crippen LogP contribution in [0.4, 0.5) is 5.00 Å². The molecule has 0 atom stereocenters. The second-order valence-electron chi connectivity index (χ2n) is 7.43. The topological polar surface area (TPSA) is 118 Å². The number of hydrogen-bond donors (Lipinski definition) is 1. The van der Waals surface area contributed by atoms with Crippen LogP contribution in [0.1, 0.15) is 43.6 Å². The van der Waals surface area contributed by atoms with Crippen molar-refractivity contribution in [3.05, 3.63) is 64.1 Å². The molecule has 0 aliphatic rings. The van der Waals surface area contributed by atoms with Crippen molar-refractivity contribution in [2.24, 2.45) is 0 Å². The number of nitriles is 1.